The molecule has 1 N–H and O–H groups in total. The number of nitrogens with zero attached hydrogens (tertiary/aromatic N) is 7. The van der Waals surface area contributed by atoms with Gasteiger partial charge in [0.2, 0.25) is 0 Å². The van der Waals surface area contributed by atoms with Gasteiger partial charge in [0, 0.05) is 62.2 Å². The number of fused-ring (bicyclic) bond motifs is 2. The lowest BCUT2D eigenvalue weighted by molar-refractivity contribution is -0.201. The van der Waals surface area contributed by atoms with Crippen LogP contribution < -0.4 is 14.8 Å². The first-order valence-corrected chi connectivity index (χ1v) is 18.4. The summed E-state index contributed by atoms with van der Waals surface area (Å²) in [4.78, 5) is 40.3. The summed E-state index contributed by atoms with van der Waals surface area (Å²) in [6.45, 7) is 6.23. The van der Waals surface area contributed by atoms with E-state index in [0.29, 0.717) is 48.2 Å². The van der Waals surface area contributed by atoms with E-state index in [1.54, 1.807) is 18.9 Å². The normalized spacial score (nSPS) is 22.6. The highest BCUT2D eigenvalue weighted by Crippen LogP contribution is 2.46. The second-order valence-electron chi connectivity index (χ2n) is 14.5. The zero-order chi connectivity index (χ0) is 38.1. The molecule has 6 heterocycles. The predicted molar refractivity (Wildman–Crippen MR) is 198 cm³/mol. The Morgan fingerprint density at radius 1 is 1.04 bits per heavy atom. The summed E-state index contributed by atoms with van der Waals surface area (Å²) in [6, 6.07) is 7.59. The SMILES string of the molecule is COC(=O)CCCN(C(=O)[C@H]1O[C@@H](n2cc(-c3ccn(C)n3)c3c(NCc4ccc(OC)cc4OC)ncnc32)[C@@H]2OC(C)(C)O[C@@H]21)C1CCN(C)CC1. The number of anilines is 1. The minimum absolute atomic E-state index is 0.00311. The summed E-state index contributed by atoms with van der Waals surface area (Å²) < 4.78 is 39.3. The average molecular weight is 747 g/mol. The number of carbonyl (C=O) groups is 2. The lowest BCUT2D eigenvalue weighted by Crippen LogP contribution is -2.52. The molecule has 54 heavy (non-hydrogen) atoms. The van der Waals surface area contributed by atoms with Crippen LogP contribution in [0.4, 0.5) is 5.82 Å². The highest BCUT2D eigenvalue weighted by Gasteiger charge is 2.59. The van der Waals surface area contributed by atoms with Crippen LogP contribution in [0, 0.1) is 0 Å². The molecule has 16 heteroatoms. The molecule has 1 amide bonds. The van der Waals surface area contributed by atoms with Gasteiger partial charge in [-0.05, 0) is 71.4 Å². The van der Waals surface area contributed by atoms with Crippen molar-refractivity contribution in [1.82, 2.24) is 34.1 Å². The fourth-order valence-corrected chi connectivity index (χ4v) is 7.78. The van der Waals surface area contributed by atoms with Crippen LogP contribution in [0.2, 0.25) is 0 Å². The number of aromatic nitrogens is 5. The molecular formula is C38H50N8O8. The molecule has 7 rings (SSSR count). The Balaban J connectivity index is 1.25. The summed E-state index contributed by atoms with van der Waals surface area (Å²) in [7, 11) is 8.56. The molecule has 290 valence electrons. The molecule has 4 aromatic rings. The van der Waals surface area contributed by atoms with Gasteiger partial charge in [-0.15, -0.1) is 0 Å². The molecular weight excluding hydrogens is 696 g/mol. The van der Waals surface area contributed by atoms with Crippen molar-refractivity contribution in [2.75, 3.05) is 53.3 Å². The van der Waals surface area contributed by atoms with Crippen molar-refractivity contribution < 1.29 is 38.0 Å². The molecule has 0 bridgehead atoms. The molecule has 1 aromatic carbocycles. The first-order valence-electron chi connectivity index (χ1n) is 18.4. The molecule has 0 saturated carbocycles. The zero-order valence-electron chi connectivity index (χ0n) is 32.0. The van der Waals surface area contributed by atoms with Gasteiger partial charge in [0.25, 0.3) is 5.91 Å². The molecule has 3 fully saturated rings. The van der Waals surface area contributed by atoms with Crippen molar-refractivity contribution in [3.63, 3.8) is 0 Å². The molecule has 3 aliphatic rings. The number of piperidine rings is 1. The van der Waals surface area contributed by atoms with E-state index in [1.807, 2.05) is 67.0 Å². The van der Waals surface area contributed by atoms with Gasteiger partial charge in [-0.2, -0.15) is 5.10 Å². The predicted octanol–water partition coefficient (Wildman–Crippen LogP) is 3.75. The van der Waals surface area contributed by atoms with Crippen LogP contribution in [0.15, 0.2) is 43.0 Å². The Morgan fingerprint density at radius 2 is 1.81 bits per heavy atom. The molecule has 3 saturated heterocycles. The number of methoxy groups -OCH3 is 3. The standard InChI is InChI=1S/C38H50N8O8/c1-38(2)53-31-32(36(48)45(15-8-9-29(47)51-7)24-12-16-43(3)17-13-24)52-37(33(31)54-38)46-21-26(27-14-18-44(4)42-27)30-34(40-22-41-35(30)46)39-20-23-10-11-25(49-5)19-28(23)50-6/h10-11,14,18-19,21-22,24,31-33,37H,8-9,12-13,15-17,20H2,1-7H3,(H,39,40,41)/t31-,32+,33-,37-/m1/s1. The maximum atomic E-state index is 14.7. The number of amides is 1. The zero-order valence-corrected chi connectivity index (χ0v) is 32.0. The first-order chi connectivity index (χ1) is 26.0. The summed E-state index contributed by atoms with van der Waals surface area (Å²) in [5.41, 5.74) is 2.97. The van der Waals surface area contributed by atoms with Crippen LogP contribution in [0.3, 0.4) is 0 Å². The molecule has 0 spiro atoms. The molecule has 4 atom stereocenters. The smallest absolute Gasteiger partial charge is 0.305 e. The van der Waals surface area contributed by atoms with Crippen LogP contribution in [0.1, 0.15) is 51.3 Å². The van der Waals surface area contributed by atoms with Crippen molar-refractivity contribution >= 4 is 28.7 Å². The lowest BCUT2D eigenvalue weighted by Gasteiger charge is -2.39. The van der Waals surface area contributed by atoms with E-state index < -0.39 is 30.3 Å². The number of rotatable bonds is 13. The number of likely N-dealkylation sites (tertiary alicyclic amines) is 1. The molecule has 0 radical (unpaired) electrons. The average Bonchev–Trinajstić information content (AvgIpc) is 3.93. The second kappa shape index (κ2) is 15.5. The molecule has 3 aliphatic heterocycles. The highest BCUT2D eigenvalue weighted by molar-refractivity contribution is 6.00. The third-order valence-electron chi connectivity index (χ3n) is 10.5. The van der Waals surface area contributed by atoms with Gasteiger partial charge in [-0.3, -0.25) is 14.3 Å². The molecule has 3 aromatic heterocycles. The van der Waals surface area contributed by atoms with Gasteiger partial charge >= 0.3 is 5.97 Å². The van der Waals surface area contributed by atoms with Crippen molar-refractivity contribution in [2.24, 2.45) is 7.05 Å². The van der Waals surface area contributed by atoms with Crippen LogP contribution in [0.25, 0.3) is 22.3 Å². The fourth-order valence-electron chi connectivity index (χ4n) is 7.78. The van der Waals surface area contributed by atoms with Crippen LogP contribution >= 0.6 is 0 Å². The number of aryl methyl sites for hydroxylation is 1. The quantitative estimate of drug-likeness (QED) is 0.198. The van der Waals surface area contributed by atoms with Gasteiger partial charge in [-0.25, -0.2) is 9.97 Å². The van der Waals surface area contributed by atoms with Gasteiger partial charge in [-0.1, -0.05) is 0 Å². The van der Waals surface area contributed by atoms with Crippen molar-refractivity contribution in [3.8, 4) is 22.8 Å². The highest BCUT2D eigenvalue weighted by atomic mass is 16.8. The fraction of sp³-hybridized carbons (Fsp3) is 0.553. The van der Waals surface area contributed by atoms with Gasteiger partial charge < -0.3 is 48.1 Å². The van der Waals surface area contributed by atoms with E-state index in [-0.39, 0.29) is 24.3 Å². The van der Waals surface area contributed by atoms with E-state index in [4.69, 9.17) is 38.5 Å². The monoisotopic (exact) mass is 746 g/mol. The Kier molecular flexibility index (Phi) is 10.8. The summed E-state index contributed by atoms with van der Waals surface area (Å²) in [6.07, 6.45) is 4.59. The van der Waals surface area contributed by atoms with E-state index in [2.05, 4.69) is 22.2 Å². The summed E-state index contributed by atoms with van der Waals surface area (Å²) >= 11 is 0. The third kappa shape index (κ3) is 7.47. The minimum atomic E-state index is -0.967. The Hall–Kier alpha value is -4.77. The van der Waals surface area contributed by atoms with Crippen LogP contribution in [-0.2, 0) is 42.1 Å². The topological polar surface area (TPSA) is 157 Å². The Bertz CT molecular complexity index is 1970. The Labute approximate surface area is 314 Å². The lowest BCUT2D eigenvalue weighted by atomic mass is 10.0. The Morgan fingerprint density at radius 3 is 2.52 bits per heavy atom. The third-order valence-corrected chi connectivity index (χ3v) is 10.5. The summed E-state index contributed by atoms with van der Waals surface area (Å²) in [5.74, 6) is 0.502. The largest absolute Gasteiger partial charge is 0.497 e. The van der Waals surface area contributed by atoms with E-state index in [0.717, 1.165) is 42.4 Å². The van der Waals surface area contributed by atoms with E-state index >= 15 is 0 Å². The van der Waals surface area contributed by atoms with Gasteiger partial charge in [0.15, 0.2) is 18.1 Å². The van der Waals surface area contributed by atoms with Crippen molar-refractivity contribution in [3.05, 3.63) is 48.5 Å². The number of hydrogen-bond donors (Lipinski definition) is 1. The number of carbonyl (C=O) groups excluding carboxylic acids is 2. The van der Waals surface area contributed by atoms with Crippen molar-refractivity contribution in [2.45, 2.75) is 82.4 Å². The van der Waals surface area contributed by atoms with Gasteiger partial charge in [0.1, 0.15) is 41.5 Å². The maximum Gasteiger partial charge on any atom is 0.305 e. The van der Waals surface area contributed by atoms with Crippen molar-refractivity contribution in [1.29, 1.82) is 0 Å². The number of ether oxygens (including phenoxy) is 6. The number of nitrogens with one attached hydrogen (secondary N) is 1. The van der Waals surface area contributed by atoms with Gasteiger partial charge in [0.05, 0.1) is 32.4 Å². The molecule has 0 unspecified atom stereocenters. The first kappa shape index (κ1) is 37.5. The van der Waals surface area contributed by atoms with E-state index in [9.17, 15) is 9.59 Å². The second-order valence-corrected chi connectivity index (χ2v) is 14.5. The minimum Gasteiger partial charge on any atom is -0.497 e. The number of benzene rings is 1. The molecule has 16 nitrogen and oxygen atoms in total. The maximum absolute atomic E-state index is 14.7. The molecule has 0 aliphatic carbocycles. The van der Waals surface area contributed by atoms with E-state index in [1.165, 1.54) is 13.4 Å². The van der Waals surface area contributed by atoms with Crippen LogP contribution in [0.5, 0.6) is 11.5 Å². The number of esters is 1. The van der Waals surface area contributed by atoms with Crippen LogP contribution in [-0.4, -0.2) is 124 Å². The number of hydrogen-bond acceptors (Lipinski definition) is 13. The summed E-state index contributed by atoms with van der Waals surface area (Å²) in [5, 5.41) is 8.95.